The van der Waals surface area contributed by atoms with Crippen LogP contribution in [0.1, 0.15) is 17.4 Å². The highest BCUT2D eigenvalue weighted by atomic mass is 32.2. The van der Waals surface area contributed by atoms with Crippen LogP contribution in [0.4, 0.5) is 11.4 Å². The fourth-order valence-electron chi connectivity index (χ4n) is 3.30. The lowest BCUT2D eigenvalue weighted by Gasteiger charge is -2.10. The summed E-state index contributed by atoms with van der Waals surface area (Å²) in [4.78, 5) is 20.9. The number of para-hydroxylation sites is 2. The second kappa shape index (κ2) is 6.42. The van der Waals surface area contributed by atoms with Crippen molar-refractivity contribution >= 4 is 38.4 Å². The summed E-state index contributed by atoms with van der Waals surface area (Å²) in [6.07, 6.45) is 2.76. The summed E-state index contributed by atoms with van der Waals surface area (Å²) in [5, 5.41) is 2.79. The maximum Gasteiger partial charge on any atom is 0.263 e. The van der Waals surface area contributed by atoms with E-state index >= 15 is 0 Å². The number of oxazole rings is 1. The molecule has 144 valence electrons. The molecule has 0 bridgehead atoms. The van der Waals surface area contributed by atoms with E-state index in [1.165, 1.54) is 18.5 Å². The molecule has 3 heterocycles. The largest absolute Gasteiger partial charge is 0.439 e. The number of rotatable bonds is 4. The molecule has 4 aromatic rings. The molecule has 1 atom stereocenters. The number of aromatic nitrogens is 2. The Bertz CT molecular complexity index is 1320. The van der Waals surface area contributed by atoms with E-state index in [2.05, 4.69) is 20.0 Å². The van der Waals surface area contributed by atoms with Crippen molar-refractivity contribution in [1.29, 1.82) is 0 Å². The first kappa shape index (κ1) is 17.4. The van der Waals surface area contributed by atoms with Crippen molar-refractivity contribution in [2.45, 2.75) is 10.8 Å². The fourth-order valence-corrected chi connectivity index (χ4v) is 4.32. The smallest absolute Gasteiger partial charge is 0.263 e. The van der Waals surface area contributed by atoms with Gasteiger partial charge in [-0.2, -0.15) is 0 Å². The van der Waals surface area contributed by atoms with E-state index in [1.54, 1.807) is 36.4 Å². The normalized spacial score (nSPS) is 15.9. The van der Waals surface area contributed by atoms with Crippen molar-refractivity contribution in [1.82, 2.24) is 9.97 Å². The Hall–Kier alpha value is -3.72. The zero-order chi connectivity index (χ0) is 20.0. The average molecular weight is 406 g/mol. The third kappa shape index (κ3) is 3.01. The van der Waals surface area contributed by atoms with E-state index in [1.807, 2.05) is 12.1 Å². The van der Waals surface area contributed by atoms with E-state index in [9.17, 15) is 13.2 Å². The van der Waals surface area contributed by atoms with E-state index in [-0.39, 0.29) is 16.7 Å². The Morgan fingerprint density at radius 3 is 2.72 bits per heavy atom. The summed E-state index contributed by atoms with van der Waals surface area (Å²) in [5.74, 6) is -0.784. The molecule has 1 aliphatic heterocycles. The number of fused-ring (bicyclic) bond motifs is 2. The lowest BCUT2D eigenvalue weighted by Crippen LogP contribution is -2.14. The van der Waals surface area contributed by atoms with Gasteiger partial charge in [-0.3, -0.25) is 14.5 Å². The summed E-state index contributed by atoms with van der Waals surface area (Å²) in [7, 11) is -3.80. The molecule has 0 saturated carbocycles. The number of anilines is 2. The van der Waals surface area contributed by atoms with Gasteiger partial charge in [-0.25, -0.2) is 13.4 Å². The third-order valence-electron chi connectivity index (χ3n) is 4.64. The molecule has 0 radical (unpaired) electrons. The zero-order valence-electron chi connectivity index (χ0n) is 14.9. The first-order valence-corrected chi connectivity index (χ1v) is 10.2. The van der Waals surface area contributed by atoms with Crippen LogP contribution in [0.3, 0.4) is 0 Å². The maximum absolute atomic E-state index is 12.6. The molecule has 0 saturated heterocycles. The number of hydrogen-bond donors (Lipinski definition) is 2. The van der Waals surface area contributed by atoms with Gasteiger partial charge in [-0.05, 0) is 48.0 Å². The first-order chi connectivity index (χ1) is 14.0. The highest BCUT2D eigenvalue weighted by Gasteiger charge is 2.36. The predicted octanol–water partition coefficient (Wildman–Crippen LogP) is 3.11. The van der Waals surface area contributed by atoms with Crippen molar-refractivity contribution < 1.29 is 17.6 Å². The van der Waals surface area contributed by atoms with Crippen LogP contribution in [0, 0.1) is 0 Å². The molecular formula is C20H14N4O4S. The molecule has 2 aromatic heterocycles. The Morgan fingerprint density at radius 2 is 1.93 bits per heavy atom. The number of carbonyl (C=O) groups is 1. The molecule has 29 heavy (non-hydrogen) atoms. The molecule has 8 nitrogen and oxygen atoms in total. The molecule has 9 heteroatoms. The topological polar surface area (TPSA) is 114 Å². The number of nitrogens with one attached hydrogen (secondary N) is 2. The number of sulfonamides is 1. The maximum atomic E-state index is 12.6. The molecular weight excluding hydrogens is 392 g/mol. The predicted molar refractivity (Wildman–Crippen MR) is 106 cm³/mol. The van der Waals surface area contributed by atoms with Crippen molar-refractivity contribution in [2.24, 2.45) is 0 Å². The van der Waals surface area contributed by atoms with Gasteiger partial charge in [-0.15, -0.1) is 0 Å². The number of benzene rings is 2. The molecule has 1 aliphatic rings. The van der Waals surface area contributed by atoms with Gasteiger partial charge in [0.25, 0.3) is 10.0 Å². The molecule has 0 spiro atoms. The SMILES string of the molecule is O=C1Nc2ccc(NS(=O)(=O)c3cccnc3)cc2C1c1nc2ccccc2o1. The highest BCUT2D eigenvalue weighted by Crippen LogP contribution is 2.39. The van der Waals surface area contributed by atoms with Gasteiger partial charge in [0.2, 0.25) is 11.8 Å². The fraction of sp³-hybridized carbons (Fsp3) is 0.0500. The molecule has 0 fully saturated rings. The number of nitrogens with zero attached hydrogens (tertiary/aromatic N) is 2. The Morgan fingerprint density at radius 1 is 1.07 bits per heavy atom. The third-order valence-corrected chi connectivity index (χ3v) is 6.00. The lowest BCUT2D eigenvalue weighted by molar-refractivity contribution is -0.116. The second-order valence-corrected chi connectivity index (χ2v) is 8.22. The van der Waals surface area contributed by atoms with Gasteiger partial charge in [0.05, 0.1) is 0 Å². The van der Waals surface area contributed by atoms with Crippen LogP contribution in [0.15, 0.2) is 76.3 Å². The van der Waals surface area contributed by atoms with Crippen molar-refractivity contribution in [3.05, 3.63) is 78.4 Å². The van der Waals surface area contributed by atoms with Gasteiger partial charge >= 0.3 is 0 Å². The molecule has 5 rings (SSSR count). The summed E-state index contributed by atoms with van der Waals surface area (Å²) >= 11 is 0. The van der Waals surface area contributed by atoms with Crippen LogP contribution >= 0.6 is 0 Å². The van der Waals surface area contributed by atoms with Gasteiger partial charge in [-0.1, -0.05) is 12.1 Å². The minimum atomic E-state index is -3.80. The Kier molecular flexibility index (Phi) is 3.85. The van der Waals surface area contributed by atoms with Gasteiger partial charge in [0.1, 0.15) is 16.3 Å². The Balaban J connectivity index is 1.53. The van der Waals surface area contributed by atoms with E-state index in [0.29, 0.717) is 28.0 Å². The van der Waals surface area contributed by atoms with Crippen LogP contribution in [0.5, 0.6) is 0 Å². The quantitative estimate of drug-likeness (QED) is 0.538. The van der Waals surface area contributed by atoms with Crippen molar-refractivity contribution in [3.8, 4) is 0 Å². The van der Waals surface area contributed by atoms with Crippen molar-refractivity contribution in [2.75, 3.05) is 10.0 Å². The molecule has 0 aliphatic carbocycles. The van der Waals surface area contributed by atoms with Gasteiger partial charge in [0, 0.05) is 23.8 Å². The standard InChI is InChI=1S/C20H14N4O4S/c25-19-18(20-23-16-5-1-2-6-17(16)28-20)14-10-12(7-8-15(14)22-19)24-29(26,27)13-4-3-9-21-11-13/h1-11,18,24H,(H,22,25). The number of amides is 1. The summed E-state index contributed by atoms with van der Waals surface area (Å²) in [6.45, 7) is 0. The highest BCUT2D eigenvalue weighted by molar-refractivity contribution is 7.92. The zero-order valence-corrected chi connectivity index (χ0v) is 15.7. The van der Waals surface area contributed by atoms with Crippen LogP contribution in [0.25, 0.3) is 11.1 Å². The lowest BCUT2D eigenvalue weighted by atomic mass is 10.0. The molecule has 2 N–H and O–H groups in total. The monoisotopic (exact) mass is 406 g/mol. The van der Waals surface area contributed by atoms with E-state index in [0.717, 1.165) is 0 Å². The summed E-state index contributed by atoms with van der Waals surface area (Å²) < 4.78 is 33.4. The number of pyridine rings is 1. The summed E-state index contributed by atoms with van der Waals surface area (Å²) in [5.41, 5.74) is 2.74. The molecule has 2 aromatic carbocycles. The average Bonchev–Trinajstić information content (AvgIpc) is 3.27. The van der Waals surface area contributed by atoms with Crippen LogP contribution in [-0.4, -0.2) is 24.3 Å². The number of carbonyl (C=O) groups excluding carboxylic acids is 1. The van der Waals surface area contributed by atoms with Crippen LogP contribution in [0.2, 0.25) is 0 Å². The van der Waals surface area contributed by atoms with Gasteiger partial charge in [0.15, 0.2) is 5.58 Å². The Labute approximate surface area is 165 Å². The summed E-state index contributed by atoms with van der Waals surface area (Å²) in [6, 6.07) is 15.1. The minimum Gasteiger partial charge on any atom is -0.439 e. The van der Waals surface area contributed by atoms with Crippen molar-refractivity contribution in [3.63, 3.8) is 0 Å². The second-order valence-electron chi connectivity index (χ2n) is 6.54. The molecule has 1 amide bonds. The first-order valence-electron chi connectivity index (χ1n) is 8.74. The van der Waals surface area contributed by atoms with E-state index in [4.69, 9.17) is 4.42 Å². The van der Waals surface area contributed by atoms with Crippen LogP contribution in [-0.2, 0) is 14.8 Å². The minimum absolute atomic E-state index is 0.0465. The van der Waals surface area contributed by atoms with Gasteiger partial charge < -0.3 is 9.73 Å². The van der Waals surface area contributed by atoms with Crippen LogP contribution < -0.4 is 10.0 Å². The molecule has 1 unspecified atom stereocenters. The van der Waals surface area contributed by atoms with E-state index < -0.39 is 15.9 Å². The number of hydrogen-bond acceptors (Lipinski definition) is 6.